The van der Waals surface area contributed by atoms with E-state index in [4.69, 9.17) is 70.3 Å². The summed E-state index contributed by atoms with van der Waals surface area (Å²) >= 11 is 0. The molecule has 30 atom stereocenters. The van der Waals surface area contributed by atoms with E-state index in [1.807, 2.05) is 6.92 Å². The molecular formula is C61H92O25S2. The van der Waals surface area contributed by atoms with Gasteiger partial charge in [-0.1, -0.05) is 43.9 Å². The third-order valence-corrected chi connectivity index (χ3v) is 22.5. The minimum Gasteiger partial charge on any atom is -0.394 e. The Kier molecular flexibility index (Phi) is 18.5. The van der Waals surface area contributed by atoms with Crippen LogP contribution < -0.4 is 0 Å². The van der Waals surface area contributed by atoms with Gasteiger partial charge in [0, 0.05) is 44.9 Å². The van der Waals surface area contributed by atoms with Crippen LogP contribution in [0.4, 0.5) is 0 Å². The average Bonchev–Trinajstić information content (AvgIpc) is 0.899. The van der Waals surface area contributed by atoms with Gasteiger partial charge in [-0.15, -0.1) is 6.58 Å². The quantitative estimate of drug-likeness (QED) is 0.0586. The molecule has 0 bridgehead atoms. The van der Waals surface area contributed by atoms with Crippen LogP contribution in [0.2, 0.25) is 0 Å². The molecule has 88 heavy (non-hydrogen) atoms. The Bertz CT molecular complexity index is 2840. The van der Waals surface area contributed by atoms with Crippen LogP contribution in [0, 0.1) is 5.92 Å². The van der Waals surface area contributed by atoms with Crippen molar-refractivity contribution < 1.29 is 116 Å². The van der Waals surface area contributed by atoms with Crippen molar-refractivity contribution in [2.75, 3.05) is 13.2 Å². The summed E-state index contributed by atoms with van der Waals surface area (Å²) in [5, 5.41) is 44.2. The van der Waals surface area contributed by atoms with Crippen LogP contribution >= 0.6 is 0 Å². The smallest absolute Gasteiger partial charge is 0.394 e. The molecule has 12 heterocycles. The third kappa shape index (κ3) is 13.0. The van der Waals surface area contributed by atoms with Crippen LogP contribution in [0.3, 0.4) is 0 Å². The minimum absolute atomic E-state index is 0.0396. The first kappa shape index (κ1) is 66.1. The van der Waals surface area contributed by atoms with Gasteiger partial charge in [-0.25, -0.2) is 8.37 Å². The molecule has 0 radical (unpaired) electrons. The second-order valence-corrected chi connectivity index (χ2v) is 30.3. The Hall–Kier alpha value is -1.98. The summed E-state index contributed by atoms with van der Waals surface area (Å²) in [6, 6.07) is 0. The summed E-state index contributed by atoms with van der Waals surface area (Å²) in [6.45, 7) is 22.9. The van der Waals surface area contributed by atoms with Crippen molar-refractivity contribution in [2.24, 2.45) is 5.92 Å². The number of aliphatic hydroxyl groups excluding tert-OH is 3. The number of fused-ring (bicyclic) bond motifs is 10. The van der Waals surface area contributed by atoms with Crippen molar-refractivity contribution >= 4 is 20.8 Å². The van der Waals surface area contributed by atoms with E-state index in [1.54, 1.807) is 32.1 Å². The maximum atomic E-state index is 12.1. The molecule has 0 aromatic rings. The van der Waals surface area contributed by atoms with Crippen molar-refractivity contribution in [3.8, 4) is 0 Å². The van der Waals surface area contributed by atoms with Crippen LogP contribution in [0.15, 0.2) is 49.1 Å². The largest absolute Gasteiger partial charge is 0.397 e. The Morgan fingerprint density at radius 3 is 1.93 bits per heavy atom. The maximum Gasteiger partial charge on any atom is 0.397 e. The van der Waals surface area contributed by atoms with E-state index in [0.717, 1.165) is 12.0 Å². The highest BCUT2D eigenvalue weighted by molar-refractivity contribution is 7.81. The van der Waals surface area contributed by atoms with Crippen LogP contribution in [0.5, 0.6) is 0 Å². The molecule has 25 nitrogen and oxygen atoms in total. The van der Waals surface area contributed by atoms with Crippen LogP contribution in [0.1, 0.15) is 138 Å². The topological polar surface area (TPSA) is 328 Å². The van der Waals surface area contributed by atoms with E-state index >= 15 is 0 Å². The number of hydrogen-bond acceptors (Lipinski definition) is 23. The van der Waals surface area contributed by atoms with Gasteiger partial charge in [0.2, 0.25) is 0 Å². The van der Waals surface area contributed by atoms with Gasteiger partial charge in [0.1, 0.15) is 53.9 Å². The Morgan fingerprint density at radius 2 is 1.28 bits per heavy atom. The first-order valence-corrected chi connectivity index (χ1v) is 34.3. The molecule has 0 amide bonds. The number of ether oxygens (including phenoxy) is 13. The standard InChI is InChI=1S/C61H92O25S2/c1-10-12-30(2)13-17-57(5,65)54-32(4)21-41-40(79-54)27-49-61(9,84-41)55(82-56-51(64)50(63)45(29-62)80-56)53-44(78-49)25-43-52(81-53)31(3)14-18-59(7)47(77-43)28-46-60(8,86-59)19-15-33-34(76-46)22-36-35(73-33)23-37-38(74-36)24-42-39(75-37)26-48(85-88(69,70)71)58(6,83-42)16-11-20-72-87(66,67)68/h10,13,17,31,33-56,62-65H,1-2,4,11-12,14-16,18-29H2,3,5-9H3,(H,66,67,68)(H,69,70,71)/b17-13+/t31-,33?,34?,35?,36?,37?,38?,39?,40?,41?,42?,43?,44?,45-,46?,47?,48?,49?,50?,51?,52?,53?,54?,55?,56+,57+,58+,59-,60+,61-/m0/s1. The molecule has 12 aliphatic heterocycles. The van der Waals surface area contributed by atoms with Crippen LogP contribution in [0.25, 0.3) is 0 Å². The number of rotatable bonds is 15. The predicted molar refractivity (Wildman–Crippen MR) is 307 cm³/mol. The number of allylic oxidation sites excluding steroid dienone is 3. The van der Waals surface area contributed by atoms with Gasteiger partial charge in [-0.05, 0) is 97.5 Å². The molecule has 27 heteroatoms. The summed E-state index contributed by atoms with van der Waals surface area (Å²) in [5.74, 6) is -0.0396. The van der Waals surface area contributed by atoms with Gasteiger partial charge < -0.3 is 82.0 Å². The summed E-state index contributed by atoms with van der Waals surface area (Å²) in [4.78, 5) is 0. The van der Waals surface area contributed by atoms with Gasteiger partial charge in [-0.2, -0.15) is 16.8 Å². The first-order chi connectivity index (χ1) is 41.4. The lowest BCUT2D eigenvalue weighted by Gasteiger charge is -2.61. The van der Waals surface area contributed by atoms with Gasteiger partial charge in [0.15, 0.2) is 6.29 Å². The number of hydrogen-bond donors (Lipinski definition) is 6. The van der Waals surface area contributed by atoms with Crippen molar-refractivity contribution in [1.29, 1.82) is 0 Å². The van der Waals surface area contributed by atoms with Crippen molar-refractivity contribution in [3.05, 3.63) is 49.1 Å². The van der Waals surface area contributed by atoms with Gasteiger partial charge in [0.05, 0.1) is 128 Å². The second-order valence-electron chi connectivity index (χ2n) is 28.2. The molecule has 498 valence electrons. The number of aliphatic hydroxyl groups is 4. The average molecular weight is 1290 g/mol. The normalized spacial score (nSPS) is 50.9. The Balaban J connectivity index is 0.742. The highest BCUT2D eigenvalue weighted by atomic mass is 32.3. The Labute approximate surface area is 515 Å². The third-order valence-electron chi connectivity index (χ3n) is 21.6. The molecule has 6 N–H and O–H groups in total. The molecular weight excluding hydrogens is 1200 g/mol. The van der Waals surface area contributed by atoms with E-state index in [0.29, 0.717) is 76.2 Å². The van der Waals surface area contributed by atoms with E-state index in [2.05, 4.69) is 44.7 Å². The lowest BCUT2D eigenvalue weighted by Crippen LogP contribution is -2.75. The van der Waals surface area contributed by atoms with Crippen LogP contribution in [-0.4, -0.2) is 234 Å². The maximum absolute atomic E-state index is 12.1. The lowest BCUT2D eigenvalue weighted by molar-refractivity contribution is -0.387. The zero-order valence-corrected chi connectivity index (χ0v) is 52.7. The molecule has 0 spiro atoms. The second kappa shape index (κ2) is 24.7. The molecule has 0 saturated carbocycles. The highest BCUT2D eigenvalue weighted by Crippen LogP contribution is 2.55. The predicted octanol–water partition coefficient (Wildman–Crippen LogP) is 3.91. The van der Waals surface area contributed by atoms with Crippen LogP contribution in [-0.2, 0) is 90.7 Å². The molecule has 12 rings (SSSR count). The molecule has 0 aromatic carbocycles. The summed E-state index contributed by atoms with van der Waals surface area (Å²) < 4.78 is 165. The monoisotopic (exact) mass is 1290 g/mol. The summed E-state index contributed by atoms with van der Waals surface area (Å²) in [7, 11) is -9.64. The molecule has 12 fully saturated rings. The fraction of sp³-hybridized carbons (Fsp3) is 0.869. The SMILES string of the molecule is C=CCC(=C)/C=C/[C@@](C)(O)C1OC2CC3OC4CC5OC6CC7OC8CC9OC%10CC%11O[C@](C)(CCCOS(=O)(=O)O)C(OS(=O)(=O)O)CC%11OC%10CC9OC8CC[C@@]7(C)O[C@@]6(C)CC[C@H](C)C5OC4C(O[C@H]4O[C@@H](CO)C(O)C4O)[C@@]3(C)OC2CC1=C. The summed E-state index contributed by atoms with van der Waals surface area (Å²) in [6.07, 6.45) is -4.84. The van der Waals surface area contributed by atoms with Gasteiger partial charge >= 0.3 is 20.8 Å². The molecule has 0 aromatic heterocycles. The fourth-order valence-electron chi connectivity index (χ4n) is 16.8. The zero-order chi connectivity index (χ0) is 62.8. The van der Waals surface area contributed by atoms with E-state index < -0.39 is 184 Å². The van der Waals surface area contributed by atoms with E-state index in [9.17, 15) is 41.8 Å². The summed E-state index contributed by atoms with van der Waals surface area (Å²) in [5.41, 5.74) is -4.01. The van der Waals surface area contributed by atoms with Crippen molar-refractivity contribution in [3.63, 3.8) is 0 Å². The Morgan fingerprint density at radius 1 is 0.693 bits per heavy atom. The van der Waals surface area contributed by atoms with Crippen molar-refractivity contribution in [2.45, 2.75) is 313 Å². The minimum atomic E-state index is -4.93. The van der Waals surface area contributed by atoms with E-state index in [1.165, 1.54) is 0 Å². The highest BCUT2D eigenvalue weighted by Gasteiger charge is 2.67. The van der Waals surface area contributed by atoms with Crippen molar-refractivity contribution in [1.82, 2.24) is 0 Å². The molecule has 12 saturated heterocycles. The zero-order valence-electron chi connectivity index (χ0n) is 51.1. The molecule has 22 unspecified atom stereocenters. The first-order valence-electron chi connectivity index (χ1n) is 31.6. The fourth-order valence-corrected chi connectivity index (χ4v) is 17.7. The van der Waals surface area contributed by atoms with Gasteiger partial charge in [0.25, 0.3) is 0 Å². The lowest BCUT2D eigenvalue weighted by atomic mass is 9.72. The molecule has 0 aliphatic carbocycles. The molecule has 12 aliphatic rings. The van der Waals surface area contributed by atoms with E-state index in [-0.39, 0.29) is 49.6 Å². The van der Waals surface area contributed by atoms with Gasteiger partial charge in [-0.3, -0.25) is 9.11 Å².